The molecule has 2 N–H and O–H groups in total. The van der Waals surface area contributed by atoms with E-state index in [0.29, 0.717) is 6.42 Å². The summed E-state index contributed by atoms with van der Waals surface area (Å²) in [5.41, 5.74) is 0.902. The van der Waals surface area contributed by atoms with Crippen molar-refractivity contribution in [1.82, 2.24) is 5.32 Å². The Morgan fingerprint density at radius 2 is 2.06 bits per heavy atom. The first-order chi connectivity index (χ1) is 8.69. The number of unbranched alkanes of at least 4 members (excludes halogenated alkanes) is 1. The fourth-order valence-electron chi connectivity index (χ4n) is 1.85. The van der Waals surface area contributed by atoms with Crippen LogP contribution in [0.5, 0.6) is 0 Å². The van der Waals surface area contributed by atoms with Crippen molar-refractivity contribution in [2.75, 3.05) is 5.88 Å². The average Bonchev–Trinajstić information content (AvgIpc) is 2.42. The molecule has 1 aromatic rings. The molecule has 3 nitrogen and oxygen atoms in total. The molecule has 1 aromatic carbocycles. The summed E-state index contributed by atoms with van der Waals surface area (Å²) in [4.78, 5) is 11.4. The van der Waals surface area contributed by atoms with Gasteiger partial charge >= 0.3 is 0 Å². The number of rotatable bonds is 7. The lowest BCUT2D eigenvalue weighted by Gasteiger charge is -2.24. The van der Waals surface area contributed by atoms with Gasteiger partial charge in [-0.05, 0) is 12.0 Å². The molecular formula is C14H20ClNO2. The zero-order valence-electron chi connectivity index (χ0n) is 10.6. The second-order valence-corrected chi connectivity index (χ2v) is 4.57. The summed E-state index contributed by atoms with van der Waals surface area (Å²) in [6.07, 6.45) is 2.03. The average molecular weight is 270 g/mol. The second-order valence-electron chi connectivity index (χ2n) is 4.30. The van der Waals surface area contributed by atoms with Gasteiger partial charge < -0.3 is 10.4 Å². The number of carbonyl (C=O) groups excluding carboxylic acids is 1. The predicted molar refractivity (Wildman–Crippen MR) is 73.6 cm³/mol. The number of halogens is 1. The molecule has 0 aliphatic rings. The van der Waals surface area contributed by atoms with E-state index in [4.69, 9.17) is 11.6 Å². The maximum Gasteiger partial charge on any atom is 0.235 e. The van der Waals surface area contributed by atoms with Gasteiger partial charge in [-0.25, -0.2) is 0 Å². The van der Waals surface area contributed by atoms with E-state index in [9.17, 15) is 9.90 Å². The van der Waals surface area contributed by atoms with Crippen molar-refractivity contribution >= 4 is 17.5 Å². The zero-order chi connectivity index (χ0) is 13.4. The maximum atomic E-state index is 11.4. The van der Waals surface area contributed by atoms with Crippen LogP contribution in [-0.2, 0) is 4.79 Å². The summed E-state index contributed by atoms with van der Waals surface area (Å²) < 4.78 is 0. The molecule has 0 aromatic heterocycles. The van der Waals surface area contributed by atoms with Crippen LogP contribution in [-0.4, -0.2) is 23.0 Å². The molecule has 0 aliphatic carbocycles. The highest BCUT2D eigenvalue weighted by Gasteiger charge is 2.22. The topological polar surface area (TPSA) is 49.3 Å². The maximum absolute atomic E-state index is 11.4. The molecule has 4 heteroatoms. The molecule has 0 fully saturated rings. The van der Waals surface area contributed by atoms with E-state index in [1.54, 1.807) is 0 Å². The SMILES string of the molecule is CCCCC(O)C(NC(=O)CCl)c1ccccc1. The molecule has 2 atom stereocenters. The van der Waals surface area contributed by atoms with Crippen molar-refractivity contribution < 1.29 is 9.90 Å². The number of nitrogens with one attached hydrogen (secondary N) is 1. The Morgan fingerprint density at radius 1 is 1.39 bits per heavy atom. The fourth-order valence-corrected chi connectivity index (χ4v) is 1.93. The molecule has 0 saturated heterocycles. The van der Waals surface area contributed by atoms with Crippen molar-refractivity contribution in [1.29, 1.82) is 0 Å². The monoisotopic (exact) mass is 269 g/mol. The third-order valence-corrected chi connectivity index (χ3v) is 3.08. The van der Waals surface area contributed by atoms with Crippen molar-refractivity contribution in [3.8, 4) is 0 Å². The molecule has 0 radical (unpaired) electrons. The summed E-state index contributed by atoms with van der Waals surface area (Å²) in [7, 11) is 0. The molecule has 18 heavy (non-hydrogen) atoms. The Balaban J connectivity index is 2.78. The summed E-state index contributed by atoms with van der Waals surface area (Å²) in [6, 6.07) is 9.10. The molecule has 100 valence electrons. The van der Waals surface area contributed by atoms with Gasteiger partial charge in [0.15, 0.2) is 0 Å². The summed E-state index contributed by atoms with van der Waals surface area (Å²) in [6.45, 7) is 2.07. The van der Waals surface area contributed by atoms with Crippen molar-refractivity contribution in [2.45, 2.75) is 38.3 Å². The van der Waals surface area contributed by atoms with Crippen LogP contribution in [0, 0.1) is 0 Å². The third-order valence-electron chi connectivity index (χ3n) is 2.83. The summed E-state index contributed by atoms with van der Waals surface area (Å²) in [5, 5.41) is 13.0. The molecule has 0 bridgehead atoms. The Hall–Kier alpha value is -1.06. The van der Waals surface area contributed by atoms with Gasteiger partial charge in [-0.3, -0.25) is 4.79 Å². The summed E-state index contributed by atoms with van der Waals surface area (Å²) in [5.74, 6) is -0.356. The number of carbonyl (C=O) groups is 1. The van der Waals surface area contributed by atoms with Gasteiger partial charge in [0, 0.05) is 0 Å². The van der Waals surface area contributed by atoms with E-state index in [-0.39, 0.29) is 17.8 Å². The largest absolute Gasteiger partial charge is 0.391 e. The second kappa shape index (κ2) is 8.11. The van der Waals surface area contributed by atoms with Crippen LogP contribution in [0.4, 0.5) is 0 Å². The standard InChI is InChI=1S/C14H20ClNO2/c1-2-3-9-12(17)14(16-13(18)10-15)11-7-5-4-6-8-11/h4-8,12,14,17H,2-3,9-10H2,1H3,(H,16,18). The number of aliphatic hydroxyl groups excluding tert-OH is 1. The van der Waals surface area contributed by atoms with Gasteiger partial charge in [0.1, 0.15) is 5.88 Å². The molecule has 0 spiro atoms. The van der Waals surface area contributed by atoms with Crippen molar-refractivity contribution in [3.05, 3.63) is 35.9 Å². The fraction of sp³-hybridized carbons (Fsp3) is 0.500. The molecule has 0 aliphatic heterocycles. The molecular weight excluding hydrogens is 250 g/mol. The van der Waals surface area contributed by atoms with Crippen LogP contribution in [0.1, 0.15) is 37.8 Å². The number of amides is 1. The lowest BCUT2D eigenvalue weighted by atomic mass is 9.97. The molecule has 0 heterocycles. The van der Waals surface area contributed by atoms with Crippen LogP contribution in [0.25, 0.3) is 0 Å². The number of hydrogen-bond donors (Lipinski definition) is 2. The van der Waals surface area contributed by atoms with Crippen LogP contribution in [0.2, 0.25) is 0 Å². The highest BCUT2D eigenvalue weighted by molar-refractivity contribution is 6.27. The lowest BCUT2D eigenvalue weighted by Crippen LogP contribution is -2.37. The normalized spacial score (nSPS) is 13.9. The molecule has 1 rings (SSSR count). The number of alkyl halides is 1. The molecule has 2 unspecified atom stereocenters. The van der Waals surface area contributed by atoms with Gasteiger partial charge in [0.2, 0.25) is 5.91 Å². The van der Waals surface area contributed by atoms with E-state index >= 15 is 0 Å². The number of aliphatic hydroxyl groups is 1. The highest BCUT2D eigenvalue weighted by Crippen LogP contribution is 2.20. The van der Waals surface area contributed by atoms with E-state index in [2.05, 4.69) is 12.2 Å². The Labute approximate surface area is 113 Å². The number of benzene rings is 1. The summed E-state index contributed by atoms with van der Waals surface area (Å²) >= 11 is 5.50. The van der Waals surface area contributed by atoms with E-state index in [1.807, 2.05) is 30.3 Å². The third kappa shape index (κ3) is 4.67. The van der Waals surface area contributed by atoms with Gasteiger partial charge in [0.25, 0.3) is 0 Å². The van der Waals surface area contributed by atoms with Crippen LogP contribution >= 0.6 is 11.6 Å². The molecule has 1 amide bonds. The van der Waals surface area contributed by atoms with Crippen molar-refractivity contribution in [2.24, 2.45) is 0 Å². The van der Waals surface area contributed by atoms with Gasteiger partial charge in [0.05, 0.1) is 12.1 Å². The first-order valence-corrected chi connectivity index (χ1v) is 6.80. The molecule has 0 saturated carbocycles. The Bertz CT molecular complexity index is 356. The van der Waals surface area contributed by atoms with E-state index in [1.165, 1.54) is 0 Å². The highest BCUT2D eigenvalue weighted by atomic mass is 35.5. The van der Waals surface area contributed by atoms with Crippen LogP contribution in [0.15, 0.2) is 30.3 Å². The van der Waals surface area contributed by atoms with Crippen molar-refractivity contribution in [3.63, 3.8) is 0 Å². The zero-order valence-corrected chi connectivity index (χ0v) is 11.4. The Morgan fingerprint density at radius 3 is 2.61 bits per heavy atom. The van der Waals surface area contributed by atoms with Gasteiger partial charge in [-0.15, -0.1) is 11.6 Å². The van der Waals surface area contributed by atoms with Gasteiger partial charge in [-0.2, -0.15) is 0 Å². The number of hydrogen-bond acceptors (Lipinski definition) is 2. The predicted octanol–water partition coefficient (Wildman–Crippen LogP) is 2.63. The smallest absolute Gasteiger partial charge is 0.235 e. The first kappa shape index (κ1) is 15.0. The van der Waals surface area contributed by atoms with Crippen LogP contribution in [0.3, 0.4) is 0 Å². The minimum Gasteiger partial charge on any atom is -0.391 e. The van der Waals surface area contributed by atoms with E-state index in [0.717, 1.165) is 18.4 Å². The van der Waals surface area contributed by atoms with E-state index < -0.39 is 6.10 Å². The first-order valence-electron chi connectivity index (χ1n) is 6.27. The lowest BCUT2D eigenvalue weighted by molar-refractivity contribution is -0.120. The Kier molecular flexibility index (Phi) is 6.76. The minimum atomic E-state index is -0.584. The van der Waals surface area contributed by atoms with Crippen LogP contribution < -0.4 is 5.32 Å². The van der Waals surface area contributed by atoms with Gasteiger partial charge in [-0.1, -0.05) is 50.1 Å². The minimum absolute atomic E-state index is 0.0934. The quantitative estimate of drug-likeness (QED) is 0.748.